The van der Waals surface area contributed by atoms with Crippen molar-refractivity contribution >= 4 is 5.69 Å². The highest BCUT2D eigenvalue weighted by atomic mass is 16.3. The van der Waals surface area contributed by atoms with Crippen molar-refractivity contribution in [3.05, 3.63) is 29.3 Å². The van der Waals surface area contributed by atoms with Gasteiger partial charge in [-0.05, 0) is 49.8 Å². The highest BCUT2D eigenvalue weighted by molar-refractivity contribution is 5.57. The summed E-state index contributed by atoms with van der Waals surface area (Å²) in [5.74, 6) is 0. The molecule has 3 heteroatoms. The van der Waals surface area contributed by atoms with Gasteiger partial charge in [-0.15, -0.1) is 0 Å². The van der Waals surface area contributed by atoms with Gasteiger partial charge in [-0.3, -0.25) is 0 Å². The molecule has 0 aliphatic carbocycles. The molecule has 0 radical (unpaired) electrons. The lowest BCUT2D eigenvalue weighted by Gasteiger charge is -2.40. The lowest BCUT2D eigenvalue weighted by atomic mass is 9.97. The molecule has 2 heterocycles. The summed E-state index contributed by atoms with van der Waals surface area (Å²) < 4.78 is 0. The summed E-state index contributed by atoms with van der Waals surface area (Å²) in [6, 6.07) is 7.59. The van der Waals surface area contributed by atoms with E-state index in [9.17, 15) is 5.11 Å². The number of nitrogens with zero attached hydrogens (tertiary/aromatic N) is 1. The second kappa shape index (κ2) is 4.56. The second-order valence-corrected chi connectivity index (χ2v) is 5.74. The van der Waals surface area contributed by atoms with Crippen molar-refractivity contribution in [2.24, 2.45) is 5.73 Å². The number of anilines is 1. The number of piperidine rings is 1. The summed E-state index contributed by atoms with van der Waals surface area (Å²) in [4.78, 5) is 2.54. The summed E-state index contributed by atoms with van der Waals surface area (Å²) in [5.41, 5.74) is 9.53. The predicted octanol–water partition coefficient (Wildman–Crippen LogP) is 1.95. The molecule has 3 N–H and O–H groups in total. The third kappa shape index (κ3) is 1.91. The number of hydrogen-bond donors (Lipinski definition) is 2. The second-order valence-electron chi connectivity index (χ2n) is 5.74. The van der Waals surface area contributed by atoms with E-state index < -0.39 is 0 Å². The Balaban J connectivity index is 1.91. The van der Waals surface area contributed by atoms with E-state index in [2.05, 4.69) is 30.0 Å². The van der Waals surface area contributed by atoms with Crippen molar-refractivity contribution in [2.75, 3.05) is 4.90 Å². The molecule has 2 saturated heterocycles. The van der Waals surface area contributed by atoms with E-state index in [4.69, 9.17) is 5.73 Å². The van der Waals surface area contributed by atoms with Gasteiger partial charge >= 0.3 is 0 Å². The van der Waals surface area contributed by atoms with Crippen LogP contribution in [0.15, 0.2) is 18.2 Å². The summed E-state index contributed by atoms with van der Waals surface area (Å²) in [5, 5.41) is 9.86. The van der Waals surface area contributed by atoms with Crippen molar-refractivity contribution < 1.29 is 5.11 Å². The number of fused-ring (bicyclic) bond motifs is 2. The van der Waals surface area contributed by atoms with Gasteiger partial charge in [0.15, 0.2) is 0 Å². The maximum absolute atomic E-state index is 9.86. The molecule has 0 amide bonds. The van der Waals surface area contributed by atoms with Crippen LogP contribution in [0, 0.1) is 6.92 Å². The average molecular weight is 246 g/mol. The molecule has 3 nitrogen and oxygen atoms in total. The maximum Gasteiger partial charge on any atom is 0.0579 e. The summed E-state index contributed by atoms with van der Waals surface area (Å²) in [6.45, 7) is 2.77. The predicted molar refractivity (Wildman–Crippen MR) is 73.6 cm³/mol. The number of aryl methyl sites for hydroxylation is 1. The van der Waals surface area contributed by atoms with Crippen LogP contribution < -0.4 is 10.6 Å². The fourth-order valence-electron chi connectivity index (χ4n) is 3.68. The van der Waals surface area contributed by atoms with Crippen LogP contribution in [0.4, 0.5) is 5.69 Å². The van der Waals surface area contributed by atoms with Gasteiger partial charge in [0.25, 0.3) is 0 Å². The minimum Gasteiger partial charge on any atom is -0.393 e. The zero-order valence-electron chi connectivity index (χ0n) is 11.0. The fraction of sp³-hybridized carbons (Fsp3) is 0.600. The van der Waals surface area contributed by atoms with E-state index in [1.165, 1.54) is 29.7 Å². The van der Waals surface area contributed by atoms with Crippen LogP contribution in [-0.4, -0.2) is 23.3 Å². The molecule has 2 fully saturated rings. The molecular formula is C15H22N2O. The Morgan fingerprint density at radius 3 is 2.50 bits per heavy atom. The first-order chi connectivity index (χ1) is 8.69. The molecule has 0 aromatic heterocycles. The normalized spacial score (nSPS) is 30.8. The van der Waals surface area contributed by atoms with Crippen LogP contribution in [0.3, 0.4) is 0 Å². The van der Waals surface area contributed by atoms with E-state index in [-0.39, 0.29) is 6.10 Å². The van der Waals surface area contributed by atoms with E-state index >= 15 is 0 Å². The van der Waals surface area contributed by atoms with Crippen molar-refractivity contribution in [3.8, 4) is 0 Å². The largest absolute Gasteiger partial charge is 0.393 e. The first kappa shape index (κ1) is 12.0. The van der Waals surface area contributed by atoms with Gasteiger partial charge in [0.1, 0.15) is 0 Å². The third-order valence-corrected chi connectivity index (χ3v) is 4.48. The maximum atomic E-state index is 9.86. The van der Waals surface area contributed by atoms with Crippen LogP contribution in [-0.2, 0) is 6.54 Å². The third-order valence-electron chi connectivity index (χ3n) is 4.48. The number of aliphatic hydroxyl groups is 1. The molecule has 18 heavy (non-hydrogen) atoms. The van der Waals surface area contributed by atoms with Crippen molar-refractivity contribution in [2.45, 2.75) is 57.3 Å². The van der Waals surface area contributed by atoms with Gasteiger partial charge in [-0.1, -0.05) is 12.1 Å². The molecule has 1 aromatic carbocycles. The van der Waals surface area contributed by atoms with Gasteiger partial charge < -0.3 is 15.7 Å². The fourth-order valence-corrected chi connectivity index (χ4v) is 3.68. The van der Waals surface area contributed by atoms with Crippen LogP contribution >= 0.6 is 0 Å². The van der Waals surface area contributed by atoms with Gasteiger partial charge in [0, 0.05) is 24.3 Å². The van der Waals surface area contributed by atoms with Crippen LogP contribution in [0.25, 0.3) is 0 Å². The molecule has 2 aliphatic heterocycles. The molecule has 0 spiro atoms. The van der Waals surface area contributed by atoms with Crippen LogP contribution in [0.1, 0.15) is 36.8 Å². The highest BCUT2D eigenvalue weighted by Gasteiger charge is 2.40. The van der Waals surface area contributed by atoms with Gasteiger partial charge in [-0.25, -0.2) is 0 Å². The SMILES string of the molecule is Cc1cc(CN)ccc1N1C2CCC1CC(O)C2. The van der Waals surface area contributed by atoms with Crippen molar-refractivity contribution in [1.82, 2.24) is 0 Å². The molecular weight excluding hydrogens is 224 g/mol. The molecule has 98 valence electrons. The quantitative estimate of drug-likeness (QED) is 0.838. The van der Waals surface area contributed by atoms with E-state index in [1.807, 2.05) is 0 Å². The summed E-state index contributed by atoms with van der Waals surface area (Å²) in [6.07, 6.45) is 4.20. The van der Waals surface area contributed by atoms with Gasteiger partial charge in [0.2, 0.25) is 0 Å². The van der Waals surface area contributed by atoms with Crippen LogP contribution in [0.5, 0.6) is 0 Å². The molecule has 2 unspecified atom stereocenters. The Kier molecular flexibility index (Phi) is 3.04. The number of nitrogens with two attached hydrogens (primary N) is 1. The first-order valence-corrected chi connectivity index (χ1v) is 6.95. The molecule has 3 rings (SSSR count). The van der Waals surface area contributed by atoms with Gasteiger partial charge in [0.05, 0.1) is 6.10 Å². The number of aliphatic hydroxyl groups excluding tert-OH is 1. The molecule has 2 aliphatic rings. The number of benzene rings is 1. The Morgan fingerprint density at radius 1 is 1.28 bits per heavy atom. The van der Waals surface area contributed by atoms with Crippen molar-refractivity contribution in [1.29, 1.82) is 0 Å². The standard InChI is InChI=1S/C15H22N2O/c1-10-6-11(9-16)2-5-15(10)17-12-3-4-13(17)8-14(18)7-12/h2,5-6,12-14,18H,3-4,7-9,16H2,1H3. The smallest absolute Gasteiger partial charge is 0.0579 e. The Bertz CT molecular complexity index is 432. The Hall–Kier alpha value is -1.06. The van der Waals surface area contributed by atoms with Crippen molar-refractivity contribution in [3.63, 3.8) is 0 Å². The lowest BCUT2D eigenvalue weighted by Crippen LogP contribution is -2.45. The Labute approximate surface area is 109 Å². The summed E-state index contributed by atoms with van der Waals surface area (Å²) in [7, 11) is 0. The zero-order chi connectivity index (χ0) is 12.7. The van der Waals surface area contributed by atoms with Crippen LogP contribution in [0.2, 0.25) is 0 Å². The highest BCUT2D eigenvalue weighted by Crippen LogP contribution is 2.40. The molecule has 2 atom stereocenters. The van der Waals surface area contributed by atoms with E-state index in [0.29, 0.717) is 18.6 Å². The van der Waals surface area contributed by atoms with E-state index in [1.54, 1.807) is 0 Å². The Morgan fingerprint density at radius 2 is 1.94 bits per heavy atom. The first-order valence-electron chi connectivity index (χ1n) is 6.95. The number of hydrogen-bond acceptors (Lipinski definition) is 3. The molecule has 1 aromatic rings. The zero-order valence-corrected chi connectivity index (χ0v) is 11.0. The lowest BCUT2D eigenvalue weighted by molar-refractivity contribution is 0.126. The topological polar surface area (TPSA) is 49.5 Å². The number of rotatable bonds is 2. The van der Waals surface area contributed by atoms with Gasteiger partial charge in [-0.2, -0.15) is 0 Å². The monoisotopic (exact) mass is 246 g/mol. The molecule has 0 saturated carbocycles. The minimum absolute atomic E-state index is 0.0950. The average Bonchev–Trinajstić information content (AvgIpc) is 2.61. The molecule has 2 bridgehead atoms. The van der Waals surface area contributed by atoms with E-state index in [0.717, 1.165) is 12.8 Å². The summed E-state index contributed by atoms with van der Waals surface area (Å²) >= 11 is 0. The minimum atomic E-state index is -0.0950.